The van der Waals surface area contributed by atoms with Crippen LogP contribution in [0.25, 0.3) is 0 Å². The third-order valence-corrected chi connectivity index (χ3v) is 3.97. The van der Waals surface area contributed by atoms with Crippen LogP contribution in [0.2, 0.25) is 5.15 Å². The van der Waals surface area contributed by atoms with Gasteiger partial charge in [0.2, 0.25) is 0 Å². The number of rotatable bonds is 4. The van der Waals surface area contributed by atoms with Crippen LogP contribution in [0.5, 0.6) is 5.75 Å². The van der Waals surface area contributed by atoms with Gasteiger partial charge in [0.05, 0.1) is 18.8 Å². The van der Waals surface area contributed by atoms with Gasteiger partial charge in [0, 0.05) is 0 Å². The van der Waals surface area contributed by atoms with Gasteiger partial charge in [0.25, 0.3) is 0 Å². The minimum atomic E-state index is -0.245. The number of hydrogen-bond acceptors (Lipinski definition) is 2. The maximum absolute atomic E-state index is 12.9. The lowest BCUT2D eigenvalue weighted by Gasteiger charge is -2.11. The molecule has 5 heteroatoms. The van der Waals surface area contributed by atoms with E-state index < -0.39 is 0 Å². The number of hydrogen-bond donors (Lipinski definition) is 0. The van der Waals surface area contributed by atoms with E-state index in [1.165, 1.54) is 25.0 Å². The predicted molar refractivity (Wildman–Crippen MR) is 75.6 cm³/mol. The van der Waals surface area contributed by atoms with E-state index in [1.807, 2.05) is 0 Å². The molecule has 106 valence electrons. The Kier molecular flexibility index (Phi) is 3.92. The molecule has 0 N–H and O–H groups in total. The molecule has 1 heterocycles. The first-order chi connectivity index (χ1) is 9.72. The Morgan fingerprint density at radius 3 is 2.65 bits per heavy atom. The summed E-state index contributed by atoms with van der Waals surface area (Å²) in [5.74, 6) is 0.395. The Morgan fingerprint density at radius 1 is 1.25 bits per heavy atom. The van der Waals surface area contributed by atoms with E-state index in [0.29, 0.717) is 17.4 Å². The maximum atomic E-state index is 12.9. The van der Waals surface area contributed by atoms with Crippen molar-refractivity contribution in [3.63, 3.8) is 0 Å². The molecular weight excluding hydrogens is 279 g/mol. The molecule has 1 fully saturated rings. The summed E-state index contributed by atoms with van der Waals surface area (Å²) in [6, 6.07) is 6.32. The SMILES string of the molecule is Fc1ccc(Cn2ncc(OC3CCCC3)c2Cl)cc1. The van der Waals surface area contributed by atoms with Crippen molar-refractivity contribution >= 4 is 11.6 Å². The molecule has 0 radical (unpaired) electrons. The van der Waals surface area contributed by atoms with Crippen LogP contribution < -0.4 is 4.74 Å². The monoisotopic (exact) mass is 294 g/mol. The zero-order valence-electron chi connectivity index (χ0n) is 11.1. The molecular formula is C15H16ClFN2O. The summed E-state index contributed by atoms with van der Waals surface area (Å²) in [7, 11) is 0. The zero-order chi connectivity index (χ0) is 13.9. The van der Waals surface area contributed by atoms with Crippen molar-refractivity contribution in [3.05, 3.63) is 47.0 Å². The fourth-order valence-electron chi connectivity index (χ4n) is 2.49. The first-order valence-electron chi connectivity index (χ1n) is 6.85. The highest BCUT2D eigenvalue weighted by atomic mass is 35.5. The average molecular weight is 295 g/mol. The van der Waals surface area contributed by atoms with Crippen LogP contribution in [0.1, 0.15) is 31.2 Å². The van der Waals surface area contributed by atoms with Crippen LogP contribution in [0.15, 0.2) is 30.5 Å². The molecule has 0 atom stereocenters. The molecule has 0 spiro atoms. The normalized spacial score (nSPS) is 15.7. The van der Waals surface area contributed by atoms with E-state index in [4.69, 9.17) is 16.3 Å². The number of ether oxygens (including phenoxy) is 1. The van der Waals surface area contributed by atoms with Crippen molar-refractivity contribution in [2.24, 2.45) is 0 Å². The minimum Gasteiger partial charge on any atom is -0.486 e. The highest BCUT2D eigenvalue weighted by molar-refractivity contribution is 6.31. The first-order valence-corrected chi connectivity index (χ1v) is 7.22. The first kappa shape index (κ1) is 13.4. The van der Waals surface area contributed by atoms with Gasteiger partial charge < -0.3 is 4.74 Å². The molecule has 20 heavy (non-hydrogen) atoms. The van der Waals surface area contributed by atoms with Crippen LogP contribution in [0.4, 0.5) is 4.39 Å². The number of halogens is 2. The van der Waals surface area contributed by atoms with E-state index in [9.17, 15) is 4.39 Å². The zero-order valence-corrected chi connectivity index (χ0v) is 11.8. The van der Waals surface area contributed by atoms with Gasteiger partial charge in [0.1, 0.15) is 5.82 Å². The fraction of sp³-hybridized carbons (Fsp3) is 0.400. The summed E-state index contributed by atoms with van der Waals surface area (Å²) in [6.07, 6.45) is 6.51. The molecule has 0 saturated heterocycles. The van der Waals surface area contributed by atoms with E-state index in [-0.39, 0.29) is 11.9 Å². The Hall–Kier alpha value is -1.55. The Bertz CT molecular complexity index is 576. The van der Waals surface area contributed by atoms with Gasteiger partial charge in [-0.05, 0) is 43.4 Å². The van der Waals surface area contributed by atoms with Gasteiger partial charge in [-0.2, -0.15) is 5.10 Å². The van der Waals surface area contributed by atoms with Crippen molar-refractivity contribution in [2.45, 2.75) is 38.3 Å². The molecule has 0 unspecified atom stereocenters. The molecule has 1 saturated carbocycles. The van der Waals surface area contributed by atoms with Crippen molar-refractivity contribution in [1.82, 2.24) is 9.78 Å². The second kappa shape index (κ2) is 5.83. The number of aromatic nitrogens is 2. The van der Waals surface area contributed by atoms with Crippen LogP contribution >= 0.6 is 11.6 Å². The van der Waals surface area contributed by atoms with E-state index in [0.717, 1.165) is 18.4 Å². The summed E-state index contributed by atoms with van der Waals surface area (Å²) < 4.78 is 20.4. The van der Waals surface area contributed by atoms with Gasteiger partial charge >= 0.3 is 0 Å². The van der Waals surface area contributed by atoms with Gasteiger partial charge in [-0.15, -0.1) is 0 Å². The van der Waals surface area contributed by atoms with E-state index in [2.05, 4.69) is 5.10 Å². The maximum Gasteiger partial charge on any atom is 0.176 e. The largest absolute Gasteiger partial charge is 0.486 e. The van der Waals surface area contributed by atoms with Crippen LogP contribution in [0, 0.1) is 5.82 Å². The van der Waals surface area contributed by atoms with Crippen LogP contribution in [-0.4, -0.2) is 15.9 Å². The third kappa shape index (κ3) is 2.96. The van der Waals surface area contributed by atoms with Gasteiger partial charge in [-0.25, -0.2) is 9.07 Å². The molecule has 0 aliphatic heterocycles. The highest BCUT2D eigenvalue weighted by Crippen LogP contribution is 2.29. The predicted octanol–water partition coefficient (Wildman–Crippen LogP) is 4.05. The Morgan fingerprint density at radius 2 is 1.95 bits per heavy atom. The summed E-state index contributed by atoms with van der Waals surface area (Å²) in [5.41, 5.74) is 0.948. The summed E-state index contributed by atoms with van der Waals surface area (Å²) in [5, 5.41) is 4.74. The van der Waals surface area contributed by atoms with Crippen LogP contribution in [0.3, 0.4) is 0 Å². The van der Waals surface area contributed by atoms with Crippen molar-refractivity contribution in [1.29, 1.82) is 0 Å². The fourth-order valence-corrected chi connectivity index (χ4v) is 2.69. The summed E-state index contributed by atoms with van der Waals surface area (Å²) in [4.78, 5) is 0. The average Bonchev–Trinajstić information content (AvgIpc) is 3.06. The highest BCUT2D eigenvalue weighted by Gasteiger charge is 2.19. The Balaban J connectivity index is 1.71. The summed E-state index contributed by atoms with van der Waals surface area (Å²) in [6.45, 7) is 0.507. The van der Waals surface area contributed by atoms with E-state index in [1.54, 1.807) is 23.0 Å². The molecule has 1 aliphatic rings. The standard InChI is InChI=1S/C15H16ClFN2O/c16-15-14(20-13-3-1-2-4-13)9-18-19(15)10-11-5-7-12(17)8-6-11/h5-9,13H,1-4,10H2. The minimum absolute atomic E-state index is 0.245. The third-order valence-electron chi connectivity index (χ3n) is 3.59. The second-order valence-electron chi connectivity index (χ2n) is 5.11. The lowest BCUT2D eigenvalue weighted by atomic mass is 10.2. The molecule has 3 nitrogen and oxygen atoms in total. The van der Waals surface area contributed by atoms with Crippen molar-refractivity contribution in [3.8, 4) is 5.75 Å². The lowest BCUT2D eigenvalue weighted by molar-refractivity contribution is 0.210. The molecule has 0 bridgehead atoms. The van der Waals surface area contributed by atoms with Crippen molar-refractivity contribution < 1.29 is 9.13 Å². The molecule has 3 rings (SSSR count). The van der Waals surface area contributed by atoms with Gasteiger partial charge in [-0.3, -0.25) is 0 Å². The number of nitrogens with zero attached hydrogens (tertiary/aromatic N) is 2. The second-order valence-corrected chi connectivity index (χ2v) is 5.47. The van der Waals surface area contributed by atoms with Crippen molar-refractivity contribution in [2.75, 3.05) is 0 Å². The molecule has 1 aromatic heterocycles. The lowest BCUT2D eigenvalue weighted by Crippen LogP contribution is -2.10. The molecule has 2 aromatic rings. The van der Waals surface area contributed by atoms with E-state index >= 15 is 0 Å². The molecule has 0 amide bonds. The molecule has 1 aromatic carbocycles. The number of benzene rings is 1. The van der Waals surface area contributed by atoms with Gasteiger partial charge in [-0.1, -0.05) is 23.7 Å². The molecule has 1 aliphatic carbocycles. The smallest absolute Gasteiger partial charge is 0.176 e. The topological polar surface area (TPSA) is 27.1 Å². The Labute approximate surface area is 122 Å². The van der Waals surface area contributed by atoms with Gasteiger partial charge in [0.15, 0.2) is 10.9 Å². The summed E-state index contributed by atoms with van der Waals surface area (Å²) >= 11 is 6.29. The van der Waals surface area contributed by atoms with Crippen LogP contribution in [-0.2, 0) is 6.54 Å². The quantitative estimate of drug-likeness (QED) is 0.851.